The van der Waals surface area contributed by atoms with E-state index in [9.17, 15) is 0 Å². The molecule has 1 aromatic carbocycles. The smallest absolute Gasteiger partial charge is 0.188 e. The van der Waals surface area contributed by atoms with Crippen molar-refractivity contribution in [2.24, 2.45) is 16.6 Å². The van der Waals surface area contributed by atoms with Gasteiger partial charge in [0.05, 0.1) is 0 Å². The lowest BCUT2D eigenvalue weighted by Gasteiger charge is -2.26. The van der Waals surface area contributed by atoms with Crippen molar-refractivity contribution in [1.29, 1.82) is 0 Å². The molecule has 1 unspecified atom stereocenters. The number of benzene rings is 1. The van der Waals surface area contributed by atoms with E-state index in [4.69, 9.17) is 5.73 Å². The van der Waals surface area contributed by atoms with Crippen molar-refractivity contribution in [3.8, 4) is 0 Å². The van der Waals surface area contributed by atoms with Crippen LogP contribution in [0.1, 0.15) is 35.6 Å². The third kappa shape index (κ3) is 4.52. The van der Waals surface area contributed by atoms with Crippen LogP contribution in [0, 0.1) is 5.92 Å². The Bertz CT molecular complexity index is 488. The average Bonchev–Trinajstić information content (AvgIpc) is 2.43. The van der Waals surface area contributed by atoms with Crippen molar-refractivity contribution in [1.82, 2.24) is 5.32 Å². The first-order chi connectivity index (χ1) is 9.83. The Kier molecular flexibility index (Phi) is 6.67. The minimum Gasteiger partial charge on any atom is -0.370 e. The van der Waals surface area contributed by atoms with Crippen molar-refractivity contribution in [2.75, 3.05) is 18.8 Å². The van der Waals surface area contributed by atoms with Crippen molar-refractivity contribution in [3.63, 3.8) is 0 Å². The van der Waals surface area contributed by atoms with E-state index in [1.807, 2.05) is 11.8 Å². The molecule has 1 heterocycles. The van der Waals surface area contributed by atoms with Gasteiger partial charge in [0.15, 0.2) is 5.96 Å². The maximum atomic E-state index is 5.97. The first kappa shape index (κ1) is 16.9. The van der Waals surface area contributed by atoms with E-state index in [-0.39, 0.29) is 24.0 Å². The van der Waals surface area contributed by atoms with Crippen molar-refractivity contribution in [3.05, 3.63) is 35.4 Å². The molecule has 1 fully saturated rings. The summed E-state index contributed by atoms with van der Waals surface area (Å²) in [5.41, 5.74) is 8.92. The number of aryl methyl sites for hydroxylation is 1. The first-order valence-corrected chi connectivity index (χ1v) is 8.61. The lowest BCUT2D eigenvalue weighted by Crippen LogP contribution is -2.35. The van der Waals surface area contributed by atoms with Crippen LogP contribution in [-0.4, -0.2) is 24.8 Å². The summed E-state index contributed by atoms with van der Waals surface area (Å²) in [6.45, 7) is 1.77. The van der Waals surface area contributed by atoms with Crippen LogP contribution in [0.2, 0.25) is 0 Å². The summed E-state index contributed by atoms with van der Waals surface area (Å²) in [7, 11) is 0. The molecular weight excluding hydrogens is 393 g/mol. The van der Waals surface area contributed by atoms with Gasteiger partial charge in [-0.25, -0.2) is 0 Å². The second kappa shape index (κ2) is 8.27. The number of nitrogens with zero attached hydrogens (tertiary/aromatic N) is 1. The minimum absolute atomic E-state index is 0. The van der Waals surface area contributed by atoms with Gasteiger partial charge in [0.25, 0.3) is 0 Å². The molecule has 1 atom stereocenters. The maximum absolute atomic E-state index is 5.97. The molecule has 0 aromatic heterocycles. The normalized spacial score (nSPS) is 21.9. The first-order valence-electron chi connectivity index (χ1n) is 7.56. The highest BCUT2D eigenvalue weighted by Crippen LogP contribution is 2.35. The van der Waals surface area contributed by atoms with Gasteiger partial charge in [-0.15, -0.1) is 24.0 Å². The lowest BCUT2D eigenvalue weighted by atomic mass is 9.86. The van der Waals surface area contributed by atoms with Gasteiger partial charge in [0, 0.05) is 18.3 Å². The number of rotatable bonds is 4. The maximum Gasteiger partial charge on any atom is 0.188 e. The van der Waals surface area contributed by atoms with E-state index in [2.05, 4.69) is 34.6 Å². The van der Waals surface area contributed by atoms with Crippen molar-refractivity contribution < 1.29 is 0 Å². The standard InChI is InChI=1S/C16H23N3S.HI/c17-16(18-10-12-4-3-5-12)19-11-15-14-7-2-1-6-13(14)8-9-20-15;/h1-2,6-7,12,15H,3-5,8-11H2,(H3,17,18,19);1H. The van der Waals surface area contributed by atoms with Crippen LogP contribution in [0.3, 0.4) is 0 Å². The molecule has 0 saturated heterocycles. The largest absolute Gasteiger partial charge is 0.370 e. The Morgan fingerprint density at radius 2 is 2.14 bits per heavy atom. The summed E-state index contributed by atoms with van der Waals surface area (Å²) < 4.78 is 0. The van der Waals surface area contributed by atoms with E-state index in [1.54, 1.807) is 0 Å². The Hall–Kier alpha value is -0.430. The van der Waals surface area contributed by atoms with Crippen LogP contribution in [0.15, 0.2) is 29.3 Å². The van der Waals surface area contributed by atoms with Crippen LogP contribution < -0.4 is 11.1 Å². The van der Waals surface area contributed by atoms with Crippen LogP contribution in [-0.2, 0) is 6.42 Å². The van der Waals surface area contributed by atoms with Crippen LogP contribution in [0.25, 0.3) is 0 Å². The highest BCUT2D eigenvalue weighted by Gasteiger charge is 2.20. The fraction of sp³-hybridized carbons (Fsp3) is 0.562. The third-order valence-corrected chi connectivity index (χ3v) is 5.57. The Morgan fingerprint density at radius 1 is 1.33 bits per heavy atom. The molecule has 0 amide bonds. The zero-order chi connectivity index (χ0) is 13.8. The van der Waals surface area contributed by atoms with E-state index in [0.29, 0.717) is 11.2 Å². The molecule has 2 aliphatic rings. The molecule has 1 aliphatic heterocycles. The molecule has 0 bridgehead atoms. The Morgan fingerprint density at radius 3 is 2.90 bits per heavy atom. The number of thioether (sulfide) groups is 1. The Balaban J connectivity index is 0.00000161. The number of aliphatic imine (C=N–C) groups is 1. The number of hydrogen-bond acceptors (Lipinski definition) is 2. The van der Waals surface area contributed by atoms with Crippen molar-refractivity contribution in [2.45, 2.75) is 30.9 Å². The van der Waals surface area contributed by atoms with Crippen LogP contribution in [0.4, 0.5) is 0 Å². The number of nitrogens with one attached hydrogen (secondary N) is 1. The summed E-state index contributed by atoms with van der Waals surface area (Å²) in [4.78, 5) is 4.46. The fourth-order valence-corrected chi connectivity index (χ4v) is 4.03. The predicted octanol–water partition coefficient (Wildman–Crippen LogP) is 3.34. The zero-order valence-electron chi connectivity index (χ0n) is 12.3. The molecule has 1 aromatic rings. The second-order valence-electron chi connectivity index (χ2n) is 5.71. The molecule has 1 aliphatic carbocycles. The number of fused-ring (bicyclic) bond motifs is 1. The van der Waals surface area contributed by atoms with E-state index in [0.717, 1.165) is 19.0 Å². The monoisotopic (exact) mass is 417 g/mol. The predicted molar refractivity (Wildman–Crippen MR) is 103 cm³/mol. The quantitative estimate of drug-likeness (QED) is 0.449. The molecule has 0 spiro atoms. The van der Waals surface area contributed by atoms with E-state index in [1.165, 1.54) is 42.6 Å². The molecule has 3 N–H and O–H groups in total. The fourth-order valence-electron chi connectivity index (χ4n) is 2.80. The molecule has 0 radical (unpaired) electrons. The highest BCUT2D eigenvalue weighted by molar-refractivity contribution is 14.0. The zero-order valence-corrected chi connectivity index (χ0v) is 15.4. The highest BCUT2D eigenvalue weighted by atomic mass is 127. The van der Waals surface area contributed by atoms with E-state index < -0.39 is 0 Å². The molecule has 1 saturated carbocycles. The SMILES string of the molecule is I.NC(=NCC1CCC1)NCC1SCCc2ccccc21. The molecule has 3 nitrogen and oxygen atoms in total. The van der Waals surface area contributed by atoms with Gasteiger partial charge in [-0.2, -0.15) is 11.8 Å². The van der Waals surface area contributed by atoms with Crippen LogP contribution in [0.5, 0.6) is 0 Å². The van der Waals surface area contributed by atoms with Gasteiger partial charge in [-0.1, -0.05) is 30.7 Å². The van der Waals surface area contributed by atoms with Gasteiger partial charge < -0.3 is 11.1 Å². The van der Waals surface area contributed by atoms with Gasteiger partial charge in [0.1, 0.15) is 0 Å². The molecular formula is C16H24IN3S. The number of halogens is 1. The summed E-state index contributed by atoms with van der Waals surface area (Å²) in [6, 6.07) is 8.76. The molecule has 5 heteroatoms. The summed E-state index contributed by atoms with van der Waals surface area (Å²) in [6.07, 6.45) is 5.19. The molecule has 3 rings (SSSR count). The molecule has 21 heavy (non-hydrogen) atoms. The van der Waals surface area contributed by atoms with Gasteiger partial charge in [0.2, 0.25) is 0 Å². The average molecular weight is 417 g/mol. The van der Waals surface area contributed by atoms with Crippen LogP contribution >= 0.6 is 35.7 Å². The Labute approximate surface area is 148 Å². The van der Waals surface area contributed by atoms with Gasteiger partial charge >= 0.3 is 0 Å². The number of hydrogen-bond donors (Lipinski definition) is 2. The summed E-state index contributed by atoms with van der Waals surface area (Å²) in [5, 5.41) is 3.80. The lowest BCUT2D eigenvalue weighted by molar-refractivity contribution is 0.326. The van der Waals surface area contributed by atoms with Gasteiger partial charge in [-0.05, 0) is 42.1 Å². The summed E-state index contributed by atoms with van der Waals surface area (Å²) >= 11 is 2.01. The third-order valence-electron chi connectivity index (χ3n) is 4.31. The second-order valence-corrected chi connectivity index (χ2v) is 7.02. The number of nitrogens with two attached hydrogens (primary N) is 1. The number of guanidine groups is 1. The van der Waals surface area contributed by atoms with Crippen molar-refractivity contribution >= 4 is 41.7 Å². The van der Waals surface area contributed by atoms with E-state index >= 15 is 0 Å². The summed E-state index contributed by atoms with van der Waals surface area (Å²) in [5.74, 6) is 2.59. The molecule has 116 valence electrons. The minimum atomic E-state index is 0. The topological polar surface area (TPSA) is 50.4 Å². The van der Waals surface area contributed by atoms with Gasteiger partial charge in [-0.3, -0.25) is 4.99 Å².